The lowest BCUT2D eigenvalue weighted by molar-refractivity contribution is 0.325. The quantitative estimate of drug-likeness (QED) is 0.865. The number of hydrogen-bond donors (Lipinski definition) is 1. The van der Waals surface area contributed by atoms with Crippen molar-refractivity contribution in [2.45, 2.75) is 46.6 Å². The lowest BCUT2D eigenvalue weighted by Crippen LogP contribution is -2.25. The molecule has 1 fully saturated rings. The summed E-state index contributed by atoms with van der Waals surface area (Å²) in [6, 6.07) is 6.70. The minimum Gasteiger partial charge on any atom is -0.372 e. The van der Waals surface area contributed by atoms with E-state index in [2.05, 4.69) is 43.9 Å². The Labute approximate surface area is 111 Å². The standard InChI is InChI=1S/C16H26N2/c1-13-11-15(6-5-14(13)12-17)18-9-4-7-16(2,3)8-10-18/h5-6,11H,4,7-10,12,17H2,1-3H3. The largest absolute Gasteiger partial charge is 0.372 e. The van der Waals surface area contributed by atoms with Gasteiger partial charge in [-0.15, -0.1) is 0 Å². The summed E-state index contributed by atoms with van der Waals surface area (Å²) in [4.78, 5) is 2.53. The predicted octanol–water partition coefficient (Wildman–Crippen LogP) is 3.47. The van der Waals surface area contributed by atoms with Gasteiger partial charge in [0.2, 0.25) is 0 Å². The first-order chi connectivity index (χ1) is 8.52. The summed E-state index contributed by atoms with van der Waals surface area (Å²) < 4.78 is 0. The van der Waals surface area contributed by atoms with Crippen molar-refractivity contribution < 1.29 is 0 Å². The van der Waals surface area contributed by atoms with E-state index < -0.39 is 0 Å². The summed E-state index contributed by atoms with van der Waals surface area (Å²) in [5.41, 5.74) is 10.2. The van der Waals surface area contributed by atoms with Crippen molar-refractivity contribution in [3.63, 3.8) is 0 Å². The molecule has 1 heterocycles. The maximum Gasteiger partial charge on any atom is 0.0369 e. The fraction of sp³-hybridized carbons (Fsp3) is 0.625. The first-order valence-corrected chi connectivity index (χ1v) is 7.06. The minimum atomic E-state index is 0.501. The molecule has 0 radical (unpaired) electrons. The average Bonchev–Trinajstić information content (AvgIpc) is 2.50. The van der Waals surface area contributed by atoms with Gasteiger partial charge >= 0.3 is 0 Å². The van der Waals surface area contributed by atoms with E-state index in [-0.39, 0.29) is 0 Å². The van der Waals surface area contributed by atoms with Crippen LogP contribution >= 0.6 is 0 Å². The second kappa shape index (κ2) is 5.31. The normalized spacial score (nSPS) is 19.7. The van der Waals surface area contributed by atoms with Gasteiger partial charge in [-0.3, -0.25) is 0 Å². The Kier molecular flexibility index (Phi) is 3.96. The Balaban J connectivity index is 2.14. The van der Waals surface area contributed by atoms with Gasteiger partial charge in [0.15, 0.2) is 0 Å². The fourth-order valence-electron chi connectivity index (χ4n) is 2.79. The van der Waals surface area contributed by atoms with Crippen LogP contribution in [0.1, 0.15) is 44.2 Å². The molecule has 0 unspecified atom stereocenters. The highest BCUT2D eigenvalue weighted by atomic mass is 15.1. The molecule has 2 heteroatoms. The first kappa shape index (κ1) is 13.4. The number of anilines is 1. The smallest absolute Gasteiger partial charge is 0.0369 e. The summed E-state index contributed by atoms with van der Waals surface area (Å²) in [6.07, 6.45) is 3.92. The molecule has 0 amide bonds. The molecule has 2 nitrogen and oxygen atoms in total. The third-order valence-electron chi connectivity index (χ3n) is 4.25. The Hall–Kier alpha value is -1.02. The second-order valence-corrected chi connectivity index (χ2v) is 6.32. The zero-order chi connectivity index (χ0) is 13.2. The van der Waals surface area contributed by atoms with E-state index in [0.717, 1.165) is 0 Å². The molecule has 1 aromatic rings. The van der Waals surface area contributed by atoms with Crippen molar-refractivity contribution in [1.82, 2.24) is 0 Å². The van der Waals surface area contributed by atoms with Crippen LogP contribution in [0.5, 0.6) is 0 Å². The third kappa shape index (κ3) is 3.05. The van der Waals surface area contributed by atoms with E-state index in [1.165, 1.54) is 49.2 Å². The monoisotopic (exact) mass is 246 g/mol. The van der Waals surface area contributed by atoms with Gasteiger partial charge in [-0.1, -0.05) is 19.9 Å². The molecule has 0 spiro atoms. The highest BCUT2D eigenvalue weighted by Gasteiger charge is 2.23. The van der Waals surface area contributed by atoms with Crippen molar-refractivity contribution in [2.75, 3.05) is 18.0 Å². The highest BCUT2D eigenvalue weighted by molar-refractivity contribution is 5.51. The highest BCUT2D eigenvalue weighted by Crippen LogP contribution is 2.32. The van der Waals surface area contributed by atoms with Gasteiger partial charge in [0, 0.05) is 25.3 Å². The van der Waals surface area contributed by atoms with Crippen molar-refractivity contribution in [1.29, 1.82) is 0 Å². The summed E-state index contributed by atoms with van der Waals surface area (Å²) in [5, 5.41) is 0. The van der Waals surface area contributed by atoms with Crippen molar-refractivity contribution in [3.05, 3.63) is 29.3 Å². The van der Waals surface area contributed by atoms with Crippen LogP contribution in [0.3, 0.4) is 0 Å². The van der Waals surface area contributed by atoms with Gasteiger partial charge in [0.25, 0.3) is 0 Å². The number of nitrogens with zero attached hydrogens (tertiary/aromatic N) is 1. The van der Waals surface area contributed by atoms with E-state index in [4.69, 9.17) is 5.73 Å². The average molecular weight is 246 g/mol. The van der Waals surface area contributed by atoms with Gasteiger partial charge in [0.1, 0.15) is 0 Å². The molecule has 0 aromatic heterocycles. The van der Waals surface area contributed by atoms with E-state index >= 15 is 0 Å². The van der Waals surface area contributed by atoms with Crippen LogP contribution in [0.25, 0.3) is 0 Å². The summed E-state index contributed by atoms with van der Waals surface area (Å²) in [5.74, 6) is 0. The van der Waals surface area contributed by atoms with Crippen LogP contribution < -0.4 is 10.6 Å². The molecule has 2 N–H and O–H groups in total. The van der Waals surface area contributed by atoms with Gasteiger partial charge < -0.3 is 10.6 Å². The van der Waals surface area contributed by atoms with E-state index in [9.17, 15) is 0 Å². The second-order valence-electron chi connectivity index (χ2n) is 6.32. The molecule has 100 valence electrons. The van der Waals surface area contributed by atoms with Crippen LogP contribution in [-0.2, 0) is 6.54 Å². The predicted molar refractivity (Wildman–Crippen MR) is 78.9 cm³/mol. The van der Waals surface area contributed by atoms with Crippen LogP contribution in [0.4, 0.5) is 5.69 Å². The van der Waals surface area contributed by atoms with Crippen molar-refractivity contribution >= 4 is 5.69 Å². The molecule has 0 atom stereocenters. The maximum absolute atomic E-state index is 5.73. The van der Waals surface area contributed by atoms with E-state index in [1.54, 1.807) is 0 Å². The minimum absolute atomic E-state index is 0.501. The van der Waals surface area contributed by atoms with Crippen molar-refractivity contribution in [3.8, 4) is 0 Å². The molecule has 1 saturated heterocycles. The molecular formula is C16H26N2. The van der Waals surface area contributed by atoms with Gasteiger partial charge in [0.05, 0.1) is 0 Å². The van der Waals surface area contributed by atoms with Crippen LogP contribution in [0.2, 0.25) is 0 Å². The lowest BCUT2D eigenvalue weighted by atomic mass is 9.85. The Morgan fingerprint density at radius 2 is 2.00 bits per heavy atom. The maximum atomic E-state index is 5.73. The molecule has 1 aromatic carbocycles. The van der Waals surface area contributed by atoms with Crippen LogP contribution in [-0.4, -0.2) is 13.1 Å². The van der Waals surface area contributed by atoms with E-state index in [1.807, 2.05) is 0 Å². The summed E-state index contributed by atoms with van der Waals surface area (Å²) in [7, 11) is 0. The van der Waals surface area contributed by atoms with Crippen LogP contribution in [0, 0.1) is 12.3 Å². The zero-order valence-corrected chi connectivity index (χ0v) is 12.0. The number of rotatable bonds is 2. The lowest BCUT2D eigenvalue weighted by Gasteiger charge is -2.25. The summed E-state index contributed by atoms with van der Waals surface area (Å²) in [6.45, 7) is 9.93. The third-order valence-corrected chi connectivity index (χ3v) is 4.25. The molecule has 0 saturated carbocycles. The molecule has 1 aliphatic heterocycles. The van der Waals surface area contributed by atoms with Crippen LogP contribution in [0.15, 0.2) is 18.2 Å². The number of benzene rings is 1. The molecule has 18 heavy (non-hydrogen) atoms. The topological polar surface area (TPSA) is 29.3 Å². The summed E-state index contributed by atoms with van der Waals surface area (Å²) >= 11 is 0. The first-order valence-electron chi connectivity index (χ1n) is 7.06. The van der Waals surface area contributed by atoms with Crippen molar-refractivity contribution in [2.24, 2.45) is 11.1 Å². The number of aryl methyl sites for hydroxylation is 1. The Morgan fingerprint density at radius 3 is 2.67 bits per heavy atom. The van der Waals surface area contributed by atoms with Gasteiger partial charge in [-0.2, -0.15) is 0 Å². The molecule has 0 aliphatic carbocycles. The molecule has 1 aliphatic rings. The fourth-order valence-corrected chi connectivity index (χ4v) is 2.79. The number of nitrogens with two attached hydrogens (primary N) is 1. The molecular weight excluding hydrogens is 220 g/mol. The van der Waals surface area contributed by atoms with Gasteiger partial charge in [-0.05, 0) is 54.9 Å². The Morgan fingerprint density at radius 1 is 1.22 bits per heavy atom. The zero-order valence-electron chi connectivity index (χ0n) is 12.0. The SMILES string of the molecule is Cc1cc(N2CCCC(C)(C)CC2)ccc1CN. The Bertz CT molecular complexity index is 410. The van der Waals surface area contributed by atoms with Gasteiger partial charge in [-0.25, -0.2) is 0 Å². The van der Waals surface area contributed by atoms with E-state index in [0.29, 0.717) is 12.0 Å². The molecule has 2 rings (SSSR count). The number of hydrogen-bond acceptors (Lipinski definition) is 2. The molecule has 0 bridgehead atoms.